The van der Waals surface area contributed by atoms with E-state index in [-0.39, 0.29) is 24.1 Å². The molecule has 0 bridgehead atoms. The first-order chi connectivity index (χ1) is 20.0. The number of para-hydroxylation sites is 2. The fraction of sp³-hybridized carbons (Fsp3) is 0.375. The molecule has 1 aromatic heterocycles. The van der Waals surface area contributed by atoms with Crippen LogP contribution in [0.15, 0.2) is 59.9 Å². The molecule has 1 saturated heterocycles. The van der Waals surface area contributed by atoms with Crippen molar-refractivity contribution >= 4 is 40.5 Å². The topological polar surface area (TPSA) is 131 Å². The molecule has 2 aromatic carbocycles. The van der Waals surface area contributed by atoms with Gasteiger partial charge in [0.15, 0.2) is 0 Å². The van der Waals surface area contributed by atoms with E-state index < -0.39 is 6.04 Å². The highest BCUT2D eigenvalue weighted by atomic mass is 16.2. The Morgan fingerprint density at radius 1 is 1.10 bits per heavy atom. The quantitative estimate of drug-likeness (QED) is 0.236. The summed E-state index contributed by atoms with van der Waals surface area (Å²) in [4.78, 5) is 52.1. The average molecular weight is 551 g/mol. The van der Waals surface area contributed by atoms with Crippen LogP contribution in [0.25, 0.3) is 16.6 Å². The molecular weight excluding hydrogens is 516 g/mol. The molecule has 1 unspecified atom stereocenters. The van der Waals surface area contributed by atoms with Gasteiger partial charge in [-0.05, 0) is 67.3 Å². The number of piperidine rings is 1. The number of nitrogens with two attached hydrogens (primary N) is 1. The number of imide groups is 1. The van der Waals surface area contributed by atoms with Crippen molar-refractivity contribution in [3.8, 4) is 0 Å². The summed E-state index contributed by atoms with van der Waals surface area (Å²) in [6.45, 7) is 0.423. The summed E-state index contributed by atoms with van der Waals surface area (Å²) in [5.41, 5.74) is 11.9. The third kappa shape index (κ3) is 5.75. The van der Waals surface area contributed by atoms with Gasteiger partial charge in [-0.25, -0.2) is 4.98 Å². The molecule has 3 aromatic rings. The number of carbonyl (C=O) groups excluding carboxylic acids is 3. The van der Waals surface area contributed by atoms with E-state index in [4.69, 9.17) is 10.7 Å². The number of nitrogens with one attached hydrogen (secondary N) is 1. The molecule has 6 rings (SSSR count). The summed E-state index contributed by atoms with van der Waals surface area (Å²) in [6.07, 6.45) is 12.3. The zero-order valence-corrected chi connectivity index (χ0v) is 23.0. The lowest BCUT2D eigenvalue weighted by Gasteiger charge is -2.32. The predicted octanol–water partition coefficient (Wildman–Crippen LogP) is 3.95. The zero-order chi connectivity index (χ0) is 28.3. The molecule has 3 N–H and O–H groups in total. The first-order valence-electron chi connectivity index (χ1n) is 14.4. The van der Waals surface area contributed by atoms with Crippen LogP contribution in [0, 0.1) is 5.92 Å². The van der Waals surface area contributed by atoms with E-state index in [9.17, 15) is 14.4 Å². The summed E-state index contributed by atoms with van der Waals surface area (Å²) in [7, 11) is 0. The van der Waals surface area contributed by atoms with Gasteiger partial charge in [-0.3, -0.25) is 29.7 Å². The SMILES string of the molecule is NC=C(C=NC1CC(CCCCc2ccc3c(c2)CN(C2CCC(=O)NC2=O)C3=O)C1)c1cnc2ccccc2n1. The molecule has 3 heterocycles. The number of aliphatic imine (C=N–C) groups is 1. The molecule has 1 atom stereocenters. The van der Waals surface area contributed by atoms with Crippen LogP contribution in [-0.2, 0) is 22.6 Å². The highest BCUT2D eigenvalue weighted by Crippen LogP contribution is 2.35. The molecule has 0 radical (unpaired) electrons. The molecule has 1 aliphatic carbocycles. The van der Waals surface area contributed by atoms with Gasteiger partial charge in [-0.1, -0.05) is 37.1 Å². The summed E-state index contributed by atoms with van der Waals surface area (Å²) < 4.78 is 0. The molecule has 9 nitrogen and oxygen atoms in total. The average Bonchev–Trinajstić information content (AvgIpc) is 3.28. The summed E-state index contributed by atoms with van der Waals surface area (Å²) in [5, 5.41) is 2.36. The lowest BCUT2D eigenvalue weighted by molar-refractivity contribution is -0.136. The maximum Gasteiger partial charge on any atom is 0.255 e. The van der Waals surface area contributed by atoms with Crippen LogP contribution in [0.1, 0.15) is 72.1 Å². The number of carbonyl (C=O) groups is 3. The van der Waals surface area contributed by atoms with Crippen molar-refractivity contribution in [1.82, 2.24) is 20.2 Å². The van der Waals surface area contributed by atoms with Gasteiger partial charge < -0.3 is 10.6 Å². The van der Waals surface area contributed by atoms with E-state index in [0.717, 1.165) is 60.0 Å². The number of rotatable bonds is 9. The number of benzene rings is 2. The summed E-state index contributed by atoms with van der Waals surface area (Å²) in [6, 6.07) is 13.5. The first-order valence-corrected chi connectivity index (χ1v) is 14.4. The monoisotopic (exact) mass is 550 g/mol. The van der Waals surface area contributed by atoms with E-state index >= 15 is 0 Å². The molecule has 0 spiro atoms. The zero-order valence-electron chi connectivity index (χ0n) is 23.0. The molecular formula is C32H34N6O3. The minimum atomic E-state index is -0.572. The lowest BCUT2D eigenvalue weighted by Crippen LogP contribution is -2.52. The highest BCUT2D eigenvalue weighted by molar-refractivity contribution is 6.09. The number of aromatic nitrogens is 2. The maximum absolute atomic E-state index is 12.9. The Kier molecular flexibility index (Phi) is 7.59. The van der Waals surface area contributed by atoms with Gasteiger partial charge in [-0.2, -0.15) is 0 Å². The van der Waals surface area contributed by atoms with Crippen LogP contribution in [0.4, 0.5) is 0 Å². The van der Waals surface area contributed by atoms with E-state index in [1.807, 2.05) is 42.6 Å². The number of aryl methyl sites for hydroxylation is 1. The van der Waals surface area contributed by atoms with Crippen LogP contribution in [0.2, 0.25) is 0 Å². The fourth-order valence-electron chi connectivity index (χ4n) is 6.08. The van der Waals surface area contributed by atoms with Crippen molar-refractivity contribution in [3.63, 3.8) is 0 Å². The van der Waals surface area contributed by atoms with Gasteiger partial charge in [-0.15, -0.1) is 0 Å². The third-order valence-electron chi connectivity index (χ3n) is 8.47. The number of unbranched alkanes of at least 4 members (excludes halogenated alkanes) is 1. The Bertz CT molecular complexity index is 1560. The van der Waals surface area contributed by atoms with Crippen molar-refractivity contribution in [2.75, 3.05) is 0 Å². The first kappa shape index (κ1) is 26.8. The van der Waals surface area contributed by atoms with Gasteiger partial charge >= 0.3 is 0 Å². The van der Waals surface area contributed by atoms with Crippen LogP contribution < -0.4 is 11.1 Å². The number of fused-ring (bicyclic) bond motifs is 2. The molecule has 2 fully saturated rings. The minimum Gasteiger partial charge on any atom is -0.404 e. The standard InChI is InChI=1S/C32H34N6O3/c33-16-23(28-18-35-26-7-3-4-8-27(26)36-28)17-34-24-14-21(15-24)6-2-1-5-20-9-10-25-22(13-20)19-38(32(25)41)29-11-12-30(39)37-31(29)40/h3-4,7-10,13,16-18,21,24,29H,1-2,5-6,11-12,14-15,19,33H2,(H,37,39,40). The lowest BCUT2D eigenvalue weighted by atomic mass is 9.77. The number of nitrogens with zero attached hydrogens (tertiary/aromatic N) is 4. The second-order valence-corrected chi connectivity index (χ2v) is 11.3. The van der Waals surface area contributed by atoms with Crippen LogP contribution >= 0.6 is 0 Å². The smallest absolute Gasteiger partial charge is 0.255 e. The Labute approximate surface area is 239 Å². The van der Waals surface area contributed by atoms with Gasteiger partial charge in [0.1, 0.15) is 6.04 Å². The molecule has 3 aliphatic rings. The van der Waals surface area contributed by atoms with Crippen molar-refractivity contribution < 1.29 is 14.4 Å². The number of allylic oxidation sites excluding steroid dienone is 1. The second-order valence-electron chi connectivity index (χ2n) is 11.3. The molecule has 210 valence electrons. The van der Waals surface area contributed by atoms with Crippen molar-refractivity contribution in [2.45, 2.75) is 70.0 Å². The molecule has 2 aliphatic heterocycles. The molecule has 9 heteroatoms. The Morgan fingerprint density at radius 3 is 2.73 bits per heavy atom. The molecule has 3 amide bonds. The number of hydrogen-bond acceptors (Lipinski definition) is 7. The van der Waals surface area contributed by atoms with Gasteiger partial charge in [0.25, 0.3) is 5.91 Å². The van der Waals surface area contributed by atoms with E-state index in [1.54, 1.807) is 17.3 Å². The number of amides is 3. The van der Waals surface area contributed by atoms with E-state index in [2.05, 4.69) is 21.4 Å². The Balaban J connectivity index is 0.936. The van der Waals surface area contributed by atoms with Gasteiger partial charge in [0, 0.05) is 36.5 Å². The fourth-order valence-corrected chi connectivity index (χ4v) is 6.08. The number of hydrogen-bond donors (Lipinski definition) is 2. The highest BCUT2D eigenvalue weighted by Gasteiger charge is 2.39. The summed E-state index contributed by atoms with van der Waals surface area (Å²) in [5.74, 6) is -0.0692. The Hall–Kier alpha value is -4.40. The predicted molar refractivity (Wildman–Crippen MR) is 157 cm³/mol. The Morgan fingerprint density at radius 2 is 1.93 bits per heavy atom. The van der Waals surface area contributed by atoms with Gasteiger partial charge in [0.05, 0.1) is 29.0 Å². The van der Waals surface area contributed by atoms with Crippen LogP contribution in [-0.4, -0.2) is 50.9 Å². The van der Waals surface area contributed by atoms with Crippen molar-refractivity contribution in [1.29, 1.82) is 0 Å². The third-order valence-corrected chi connectivity index (χ3v) is 8.47. The van der Waals surface area contributed by atoms with Gasteiger partial charge in [0.2, 0.25) is 11.8 Å². The minimum absolute atomic E-state index is 0.123. The van der Waals surface area contributed by atoms with Crippen molar-refractivity contribution in [3.05, 3.63) is 77.2 Å². The molecule has 41 heavy (non-hydrogen) atoms. The van der Waals surface area contributed by atoms with Crippen LogP contribution in [0.5, 0.6) is 0 Å². The van der Waals surface area contributed by atoms with E-state index in [0.29, 0.717) is 30.5 Å². The largest absolute Gasteiger partial charge is 0.404 e. The van der Waals surface area contributed by atoms with Crippen molar-refractivity contribution in [2.24, 2.45) is 16.6 Å². The maximum atomic E-state index is 12.9. The van der Waals surface area contributed by atoms with E-state index in [1.165, 1.54) is 12.0 Å². The normalized spacial score (nSPS) is 22.7. The second kappa shape index (κ2) is 11.6. The van der Waals surface area contributed by atoms with Crippen LogP contribution in [0.3, 0.4) is 0 Å². The summed E-state index contributed by atoms with van der Waals surface area (Å²) >= 11 is 0. The molecule has 1 saturated carbocycles.